The monoisotopic (exact) mass is 690 g/mol. The Morgan fingerprint density at radius 1 is 0.660 bits per heavy atom. The summed E-state index contributed by atoms with van der Waals surface area (Å²) in [7, 11) is 0. The Kier molecular flexibility index (Phi) is 11.7. The van der Waals surface area contributed by atoms with Crippen LogP contribution in [0.25, 0.3) is 0 Å². The third-order valence-corrected chi connectivity index (χ3v) is 9.99. The first-order valence-electron chi connectivity index (χ1n) is 18.3. The summed E-state index contributed by atoms with van der Waals surface area (Å²) in [5, 5.41) is 69.0. The van der Waals surface area contributed by atoms with Crippen LogP contribution < -0.4 is 25.8 Å². The minimum atomic E-state index is -0.0338. The Hall–Kier alpha value is -3.82. The fourth-order valence-corrected chi connectivity index (χ4v) is 7.35. The third kappa shape index (κ3) is 8.05. The zero-order chi connectivity index (χ0) is 34.1. The van der Waals surface area contributed by atoms with E-state index in [9.17, 15) is 0 Å². The van der Waals surface area contributed by atoms with Crippen molar-refractivity contribution in [2.24, 2.45) is 0 Å². The van der Waals surface area contributed by atoms with Crippen LogP contribution in [0.3, 0.4) is 0 Å². The molecular weight excluding hydrogens is 640 g/mol. The van der Waals surface area contributed by atoms with Gasteiger partial charge in [-0.15, -0.1) is 61.2 Å². The van der Waals surface area contributed by atoms with E-state index in [0.717, 1.165) is 111 Å². The highest BCUT2D eigenvalue weighted by Gasteiger charge is 2.38. The van der Waals surface area contributed by atoms with Crippen LogP contribution in [0.2, 0.25) is 0 Å². The lowest BCUT2D eigenvalue weighted by atomic mass is 10.00. The average Bonchev–Trinajstić information content (AvgIpc) is 3.20. The molecule has 3 aromatic rings. The lowest BCUT2D eigenvalue weighted by Gasteiger charge is -2.46. The Morgan fingerprint density at radius 3 is 2.02 bits per heavy atom. The molecule has 0 spiro atoms. The van der Waals surface area contributed by atoms with Crippen molar-refractivity contribution in [2.45, 2.75) is 83.7 Å². The number of anilines is 2. The number of piperazine rings is 2. The van der Waals surface area contributed by atoms with Crippen molar-refractivity contribution in [3.63, 3.8) is 0 Å². The quantitative estimate of drug-likeness (QED) is 0.206. The second kappa shape index (κ2) is 16.9. The first kappa shape index (κ1) is 34.6. The van der Waals surface area contributed by atoms with Gasteiger partial charge in [0, 0.05) is 65.4 Å². The maximum absolute atomic E-state index is 4.75. The standard InChI is InChI=1S/C30H50N20/c1-3-31-19-24-34-36-25(37-35-24)21-47(4-2)50-15-8-6-10-23(50)28-40-38-27(39-41-28)22-9-5-7-14-48(22)26-20-33-13-18-49(26)30-44-42-29(43-45-30)46-16-11-32-12-17-46/h22-23,26,31-33H,3-21H2,1-2H3. The Morgan fingerprint density at radius 2 is 1.30 bits per heavy atom. The molecule has 0 aliphatic carbocycles. The average molecular weight is 691 g/mol. The molecular formula is C30H50N20. The molecule has 0 bridgehead atoms. The summed E-state index contributed by atoms with van der Waals surface area (Å²) in [5.74, 6) is 3.60. The predicted octanol–water partition coefficient (Wildman–Crippen LogP) is -1.13. The fourth-order valence-electron chi connectivity index (χ4n) is 7.35. The second-order valence-corrected chi connectivity index (χ2v) is 13.1. The van der Waals surface area contributed by atoms with E-state index in [0.29, 0.717) is 48.3 Å². The van der Waals surface area contributed by atoms with Crippen molar-refractivity contribution in [2.75, 3.05) is 81.8 Å². The molecule has 0 saturated carbocycles. The van der Waals surface area contributed by atoms with Gasteiger partial charge in [0.15, 0.2) is 23.3 Å². The van der Waals surface area contributed by atoms with Gasteiger partial charge in [0.1, 0.15) is 0 Å². The Balaban J connectivity index is 1.05. The lowest BCUT2D eigenvalue weighted by Crippen LogP contribution is -2.61. The second-order valence-electron chi connectivity index (χ2n) is 13.1. The first-order chi connectivity index (χ1) is 24.7. The zero-order valence-corrected chi connectivity index (χ0v) is 29.3. The molecule has 7 rings (SSSR count). The van der Waals surface area contributed by atoms with Crippen molar-refractivity contribution < 1.29 is 0 Å². The van der Waals surface area contributed by atoms with Gasteiger partial charge in [0.25, 0.3) is 11.9 Å². The zero-order valence-electron chi connectivity index (χ0n) is 29.3. The van der Waals surface area contributed by atoms with Crippen molar-refractivity contribution in [3.8, 4) is 0 Å². The van der Waals surface area contributed by atoms with E-state index >= 15 is 0 Å². The number of piperidine rings is 2. The van der Waals surface area contributed by atoms with Gasteiger partial charge in [-0.25, -0.2) is 10.0 Å². The molecule has 0 amide bonds. The van der Waals surface area contributed by atoms with Crippen LogP contribution in [0, 0.1) is 0 Å². The molecule has 3 atom stereocenters. The first-order valence-corrected chi connectivity index (χ1v) is 18.3. The maximum atomic E-state index is 4.75. The molecule has 20 nitrogen and oxygen atoms in total. The molecule has 4 aliphatic rings. The number of hydrogen-bond acceptors (Lipinski definition) is 20. The molecule has 4 saturated heterocycles. The van der Waals surface area contributed by atoms with E-state index in [-0.39, 0.29) is 18.2 Å². The smallest absolute Gasteiger partial charge is 0.266 e. The molecule has 3 aromatic heterocycles. The van der Waals surface area contributed by atoms with Crippen molar-refractivity contribution in [1.29, 1.82) is 0 Å². The topological polar surface area (TPSA) is 207 Å². The van der Waals surface area contributed by atoms with Gasteiger partial charge >= 0.3 is 0 Å². The largest absolute Gasteiger partial charge is 0.336 e. The fraction of sp³-hybridized carbons (Fsp3) is 0.800. The number of hydrazine groups is 1. The van der Waals surface area contributed by atoms with Gasteiger partial charge in [0.2, 0.25) is 0 Å². The van der Waals surface area contributed by atoms with E-state index in [4.69, 9.17) is 20.4 Å². The Labute approximate surface area is 292 Å². The van der Waals surface area contributed by atoms with Crippen LogP contribution >= 0.6 is 0 Å². The highest BCUT2D eigenvalue weighted by molar-refractivity contribution is 5.34. The number of likely N-dealkylation sites (tertiary alicyclic amines) is 1. The summed E-state index contributed by atoms with van der Waals surface area (Å²) >= 11 is 0. The van der Waals surface area contributed by atoms with Gasteiger partial charge in [-0.05, 0) is 32.2 Å². The highest BCUT2D eigenvalue weighted by Crippen LogP contribution is 2.34. The van der Waals surface area contributed by atoms with Gasteiger partial charge in [-0.3, -0.25) is 4.90 Å². The van der Waals surface area contributed by atoms with Gasteiger partial charge in [-0.1, -0.05) is 26.7 Å². The molecule has 3 N–H and O–H groups in total. The molecule has 4 fully saturated rings. The van der Waals surface area contributed by atoms with Crippen LogP contribution in [-0.2, 0) is 13.1 Å². The van der Waals surface area contributed by atoms with Crippen LogP contribution in [0.15, 0.2) is 0 Å². The third-order valence-electron chi connectivity index (χ3n) is 9.99. The number of aromatic nitrogens is 12. The summed E-state index contributed by atoms with van der Waals surface area (Å²) in [5.41, 5.74) is 0. The molecule has 0 radical (unpaired) electrons. The van der Waals surface area contributed by atoms with Crippen molar-refractivity contribution >= 4 is 11.9 Å². The summed E-state index contributed by atoms with van der Waals surface area (Å²) in [6.07, 6.45) is 6.21. The minimum absolute atomic E-state index is 0.00100. The van der Waals surface area contributed by atoms with E-state index in [1.165, 1.54) is 0 Å². The summed E-state index contributed by atoms with van der Waals surface area (Å²) < 4.78 is 0. The number of nitrogens with one attached hydrogen (secondary N) is 3. The van der Waals surface area contributed by atoms with Gasteiger partial charge in [-0.2, -0.15) is 0 Å². The van der Waals surface area contributed by atoms with E-state index in [1.807, 2.05) is 6.92 Å². The van der Waals surface area contributed by atoms with Crippen LogP contribution in [-0.4, -0.2) is 154 Å². The van der Waals surface area contributed by atoms with E-state index in [1.54, 1.807) is 0 Å². The predicted molar refractivity (Wildman–Crippen MR) is 182 cm³/mol. The van der Waals surface area contributed by atoms with Crippen LogP contribution in [0.1, 0.15) is 87.8 Å². The molecule has 20 heteroatoms. The van der Waals surface area contributed by atoms with Crippen LogP contribution in [0.5, 0.6) is 0 Å². The number of rotatable bonds is 12. The highest BCUT2D eigenvalue weighted by atomic mass is 15.6. The molecule has 270 valence electrons. The van der Waals surface area contributed by atoms with E-state index < -0.39 is 0 Å². The van der Waals surface area contributed by atoms with E-state index in [2.05, 4.69) is 88.4 Å². The number of hydrogen-bond donors (Lipinski definition) is 3. The molecule has 4 aliphatic heterocycles. The maximum Gasteiger partial charge on any atom is 0.266 e. The number of nitrogens with zero attached hydrogens (tertiary/aromatic N) is 17. The minimum Gasteiger partial charge on any atom is -0.336 e. The lowest BCUT2D eigenvalue weighted by molar-refractivity contribution is -0.0883. The van der Waals surface area contributed by atoms with Crippen LogP contribution in [0.4, 0.5) is 11.9 Å². The van der Waals surface area contributed by atoms with Crippen molar-refractivity contribution in [1.82, 2.24) is 92.1 Å². The summed E-state index contributed by atoms with van der Waals surface area (Å²) in [6.45, 7) is 14.5. The molecule has 0 aromatic carbocycles. The molecule has 3 unspecified atom stereocenters. The van der Waals surface area contributed by atoms with Gasteiger partial charge < -0.3 is 25.8 Å². The molecule has 7 heterocycles. The van der Waals surface area contributed by atoms with Crippen molar-refractivity contribution in [3.05, 3.63) is 23.3 Å². The summed E-state index contributed by atoms with van der Waals surface area (Å²) in [4.78, 5) is 6.80. The Bertz CT molecular complexity index is 1450. The SMILES string of the molecule is CCNCc1nnc(CN(CC)N2CCCCC2c2nnc(C3CCCCN3C3CNCCN3c3nnc(N4CCNCC4)nn3)nn2)nn1. The van der Waals surface area contributed by atoms with Gasteiger partial charge in [0.05, 0.1) is 31.3 Å². The normalized spacial score (nSPS) is 24.2. The molecule has 50 heavy (non-hydrogen) atoms. The summed E-state index contributed by atoms with van der Waals surface area (Å²) in [6, 6.07) is -0.0537.